The summed E-state index contributed by atoms with van der Waals surface area (Å²) >= 11 is 0. The monoisotopic (exact) mass is 713 g/mol. The summed E-state index contributed by atoms with van der Waals surface area (Å²) in [6.07, 6.45) is 1.81. The van der Waals surface area contributed by atoms with Gasteiger partial charge in [-0.05, 0) is 87.3 Å². The van der Waals surface area contributed by atoms with Gasteiger partial charge in [0.1, 0.15) is 0 Å². The van der Waals surface area contributed by atoms with Crippen LogP contribution in [0.15, 0.2) is 188 Å². The highest BCUT2D eigenvalue weighted by molar-refractivity contribution is 6.24. The standard InChI is InChI=1S/C51H31N5/c1-2-16-34(17-3-1)55-44-25-10-8-20-37(44)43-30-33(27-28-46(43)55)42-31-47-48(38-21-7-6-19-36(38)42)40-22-9-11-26-45(40)56(47)51-53-49(41-24-13-29-52-50(41)54-51)39-23-12-15-32-14-4-5-18-35(32)39/h1-31H. The molecule has 4 aromatic heterocycles. The first-order valence-corrected chi connectivity index (χ1v) is 19.0. The van der Waals surface area contributed by atoms with E-state index in [0.717, 1.165) is 55.3 Å². The Labute approximate surface area is 321 Å². The maximum atomic E-state index is 5.46. The molecule has 0 aliphatic carbocycles. The SMILES string of the molecule is c1ccc(-n2c3ccccc3c3cc(-c4cc5c(c6ccccc46)c4ccccc4n5-c4nc(-c5cccc6ccccc56)c5cccnc5n4)ccc32)cc1. The van der Waals surface area contributed by atoms with Crippen LogP contribution >= 0.6 is 0 Å². The highest BCUT2D eigenvalue weighted by Gasteiger charge is 2.22. The van der Waals surface area contributed by atoms with Gasteiger partial charge in [-0.25, -0.2) is 9.97 Å². The molecule has 56 heavy (non-hydrogen) atoms. The van der Waals surface area contributed by atoms with E-state index in [9.17, 15) is 0 Å². The second-order valence-corrected chi connectivity index (χ2v) is 14.4. The fourth-order valence-electron chi connectivity index (χ4n) is 8.97. The summed E-state index contributed by atoms with van der Waals surface area (Å²) in [4.78, 5) is 15.5. The first-order chi connectivity index (χ1) is 27.8. The predicted molar refractivity (Wildman–Crippen MR) is 232 cm³/mol. The van der Waals surface area contributed by atoms with Crippen molar-refractivity contribution in [3.05, 3.63) is 188 Å². The fraction of sp³-hybridized carbons (Fsp3) is 0. The molecular formula is C51H31N5. The number of hydrogen-bond donors (Lipinski definition) is 0. The van der Waals surface area contributed by atoms with E-state index in [-0.39, 0.29) is 0 Å². The van der Waals surface area contributed by atoms with E-state index in [1.165, 1.54) is 43.4 Å². The van der Waals surface area contributed by atoms with Gasteiger partial charge in [-0.1, -0.05) is 127 Å². The number of hydrogen-bond acceptors (Lipinski definition) is 3. The third kappa shape index (κ3) is 4.46. The highest BCUT2D eigenvalue weighted by Crippen LogP contribution is 2.43. The molecule has 260 valence electrons. The summed E-state index contributed by atoms with van der Waals surface area (Å²) in [5, 5.41) is 10.4. The Morgan fingerprint density at radius 2 is 1.04 bits per heavy atom. The lowest BCUT2D eigenvalue weighted by Gasteiger charge is -2.14. The molecule has 0 fully saturated rings. The van der Waals surface area contributed by atoms with E-state index < -0.39 is 0 Å². The van der Waals surface area contributed by atoms with E-state index >= 15 is 0 Å². The summed E-state index contributed by atoms with van der Waals surface area (Å²) in [6.45, 7) is 0. The van der Waals surface area contributed by atoms with Gasteiger partial charge in [-0.3, -0.25) is 4.57 Å². The number of nitrogens with zero attached hydrogens (tertiary/aromatic N) is 5. The molecule has 0 N–H and O–H groups in total. The summed E-state index contributed by atoms with van der Waals surface area (Å²) in [5.41, 5.74) is 10.5. The molecule has 4 heterocycles. The summed E-state index contributed by atoms with van der Waals surface area (Å²) in [5.74, 6) is 0.591. The third-order valence-electron chi connectivity index (χ3n) is 11.4. The van der Waals surface area contributed by atoms with Gasteiger partial charge in [0.25, 0.3) is 0 Å². The Balaban J connectivity index is 1.17. The third-order valence-corrected chi connectivity index (χ3v) is 11.4. The van der Waals surface area contributed by atoms with Crippen LogP contribution in [0.4, 0.5) is 0 Å². The van der Waals surface area contributed by atoms with E-state index in [1.807, 2.05) is 12.3 Å². The molecule has 0 radical (unpaired) electrons. The largest absolute Gasteiger partial charge is 0.309 e. The average Bonchev–Trinajstić information content (AvgIpc) is 3.78. The van der Waals surface area contributed by atoms with Crippen LogP contribution in [-0.4, -0.2) is 24.1 Å². The van der Waals surface area contributed by atoms with Crippen molar-refractivity contribution in [1.29, 1.82) is 0 Å². The van der Waals surface area contributed by atoms with Crippen LogP contribution in [0.25, 0.3) is 110 Å². The molecule has 0 saturated heterocycles. The number of pyridine rings is 1. The molecule has 0 atom stereocenters. The molecule has 0 saturated carbocycles. The number of rotatable bonds is 4. The number of para-hydroxylation sites is 3. The molecule has 5 heteroatoms. The molecule has 0 bridgehead atoms. The van der Waals surface area contributed by atoms with Crippen LogP contribution in [0.2, 0.25) is 0 Å². The van der Waals surface area contributed by atoms with Gasteiger partial charge in [0, 0.05) is 44.4 Å². The minimum Gasteiger partial charge on any atom is -0.309 e. The molecule has 12 rings (SSSR count). The minimum atomic E-state index is 0.591. The molecule has 0 unspecified atom stereocenters. The Morgan fingerprint density at radius 3 is 1.89 bits per heavy atom. The van der Waals surface area contributed by atoms with Gasteiger partial charge >= 0.3 is 0 Å². The van der Waals surface area contributed by atoms with Crippen molar-refractivity contribution in [3.63, 3.8) is 0 Å². The zero-order chi connectivity index (χ0) is 36.7. The molecule has 5 nitrogen and oxygen atoms in total. The van der Waals surface area contributed by atoms with Gasteiger partial charge in [-0.2, -0.15) is 4.98 Å². The smallest absolute Gasteiger partial charge is 0.237 e. The number of aromatic nitrogens is 5. The lowest BCUT2D eigenvalue weighted by atomic mass is 9.94. The Hall–Kier alpha value is -7.63. The van der Waals surface area contributed by atoms with Crippen LogP contribution < -0.4 is 0 Å². The van der Waals surface area contributed by atoms with Crippen LogP contribution in [0.1, 0.15) is 0 Å². The van der Waals surface area contributed by atoms with Crippen LogP contribution in [0.5, 0.6) is 0 Å². The van der Waals surface area contributed by atoms with Gasteiger partial charge in [-0.15, -0.1) is 0 Å². The molecule has 0 spiro atoms. The molecule has 0 amide bonds. The van der Waals surface area contributed by atoms with E-state index in [2.05, 4.69) is 185 Å². The summed E-state index contributed by atoms with van der Waals surface area (Å²) < 4.78 is 4.61. The van der Waals surface area contributed by atoms with Gasteiger partial charge in [0.15, 0.2) is 5.65 Å². The van der Waals surface area contributed by atoms with Crippen LogP contribution in [-0.2, 0) is 0 Å². The maximum absolute atomic E-state index is 5.46. The normalized spacial score (nSPS) is 11.9. The first-order valence-electron chi connectivity index (χ1n) is 19.0. The molecular weight excluding hydrogens is 683 g/mol. The van der Waals surface area contributed by atoms with Crippen LogP contribution in [0.3, 0.4) is 0 Å². The van der Waals surface area contributed by atoms with Crippen molar-refractivity contribution < 1.29 is 0 Å². The second-order valence-electron chi connectivity index (χ2n) is 14.4. The summed E-state index contributed by atoms with van der Waals surface area (Å²) in [6, 6.07) is 64.9. The predicted octanol–water partition coefficient (Wildman–Crippen LogP) is 12.9. The minimum absolute atomic E-state index is 0.591. The van der Waals surface area contributed by atoms with E-state index in [0.29, 0.717) is 11.6 Å². The highest BCUT2D eigenvalue weighted by atomic mass is 15.2. The first kappa shape index (κ1) is 30.8. The van der Waals surface area contributed by atoms with Gasteiger partial charge < -0.3 is 4.57 Å². The van der Waals surface area contributed by atoms with Crippen molar-refractivity contribution >= 4 is 76.2 Å². The lowest BCUT2D eigenvalue weighted by Crippen LogP contribution is -2.04. The van der Waals surface area contributed by atoms with Crippen molar-refractivity contribution in [1.82, 2.24) is 24.1 Å². The Bertz CT molecular complexity index is 3540. The van der Waals surface area contributed by atoms with Crippen LogP contribution in [0, 0.1) is 0 Å². The van der Waals surface area contributed by atoms with Crippen molar-refractivity contribution in [2.45, 2.75) is 0 Å². The summed E-state index contributed by atoms with van der Waals surface area (Å²) in [7, 11) is 0. The van der Waals surface area contributed by atoms with Crippen molar-refractivity contribution in [2.75, 3.05) is 0 Å². The molecule has 0 aliphatic heterocycles. The fourth-order valence-corrected chi connectivity index (χ4v) is 8.97. The lowest BCUT2D eigenvalue weighted by molar-refractivity contribution is 1.01. The van der Waals surface area contributed by atoms with E-state index in [4.69, 9.17) is 15.0 Å². The average molecular weight is 714 g/mol. The van der Waals surface area contributed by atoms with E-state index in [1.54, 1.807) is 0 Å². The van der Waals surface area contributed by atoms with Gasteiger partial charge in [0.05, 0.1) is 27.8 Å². The topological polar surface area (TPSA) is 48.5 Å². The zero-order valence-corrected chi connectivity index (χ0v) is 30.1. The van der Waals surface area contributed by atoms with Crippen molar-refractivity contribution in [2.24, 2.45) is 0 Å². The second kappa shape index (κ2) is 11.9. The quantitative estimate of drug-likeness (QED) is 0.182. The zero-order valence-electron chi connectivity index (χ0n) is 30.1. The molecule has 8 aromatic carbocycles. The number of fused-ring (bicyclic) bond motifs is 10. The Morgan fingerprint density at radius 1 is 0.375 bits per heavy atom. The Kier molecular flexibility index (Phi) is 6.56. The maximum Gasteiger partial charge on any atom is 0.237 e. The molecule has 0 aliphatic rings. The van der Waals surface area contributed by atoms with Gasteiger partial charge in [0.2, 0.25) is 5.95 Å². The number of benzene rings is 8. The van der Waals surface area contributed by atoms with Crippen molar-refractivity contribution in [3.8, 4) is 34.0 Å². The molecule has 12 aromatic rings.